The van der Waals surface area contributed by atoms with E-state index in [1.807, 2.05) is 18.2 Å². The van der Waals surface area contributed by atoms with Gasteiger partial charge in [0, 0.05) is 5.69 Å². The molecule has 1 fully saturated rings. The molecule has 15 heavy (non-hydrogen) atoms. The molecule has 0 unspecified atom stereocenters. The highest BCUT2D eigenvalue weighted by Crippen LogP contribution is 2.59. The molecule has 1 aliphatic carbocycles. The zero-order chi connectivity index (χ0) is 10.6. The van der Waals surface area contributed by atoms with Crippen LogP contribution in [-0.2, 0) is 15.0 Å². The van der Waals surface area contributed by atoms with Crippen LogP contribution in [0.15, 0.2) is 24.3 Å². The number of carboxylic acids is 1. The molecular weight excluding hydrogens is 194 g/mol. The Labute approximate surface area is 85.9 Å². The van der Waals surface area contributed by atoms with Crippen LogP contribution in [0.25, 0.3) is 0 Å². The van der Waals surface area contributed by atoms with Crippen molar-refractivity contribution in [1.29, 1.82) is 0 Å². The van der Waals surface area contributed by atoms with Gasteiger partial charge in [0.1, 0.15) is 0 Å². The van der Waals surface area contributed by atoms with E-state index in [2.05, 4.69) is 5.32 Å². The lowest BCUT2D eigenvalue weighted by atomic mass is 9.95. The molecule has 1 aliphatic heterocycles. The molecule has 76 valence electrons. The van der Waals surface area contributed by atoms with E-state index in [4.69, 9.17) is 5.11 Å². The third-order valence-electron chi connectivity index (χ3n) is 3.32. The zero-order valence-corrected chi connectivity index (χ0v) is 7.86. The Morgan fingerprint density at radius 3 is 2.87 bits per heavy atom. The number of hydrogen-bond acceptors (Lipinski definition) is 2. The number of hydrogen-bond donors (Lipinski definition) is 2. The minimum Gasteiger partial charge on any atom is -0.481 e. The number of benzene rings is 1. The van der Waals surface area contributed by atoms with Crippen molar-refractivity contribution >= 4 is 17.6 Å². The number of para-hydroxylation sites is 1. The van der Waals surface area contributed by atoms with Crippen LogP contribution in [0.3, 0.4) is 0 Å². The van der Waals surface area contributed by atoms with Gasteiger partial charge in [-0.15, -0.1) is 0 Å². The van der Waals surface area contributed by atoms with Crippen molar-refractivity contribution < 1.29 is 14.7 Å². The average molecular weight is 203 g/mol. The van der Waals surface area contributed by atoms with Gasteiger partial charge in [0.05, 0.1) is 11.3 Å². The second-order valence-electron chi connectivity index (χ2n) is 4.07. The van der Waals surface area contributed by atoms with Crippen molar-refractivity contribution in [2.75, 3.05) is 5.32 Å². The lowest BCUT2D eigenvalue weighted by Gasteiger charge is -2.04. The van der Waals surface area contributed by atoms with E-state index in [-0.39, 0.29) is 5.91 Å². The molecule has 2 N–H and O–H groups in total. The fraction of sp³-hybridized carbons (Fsp3) is 0.273. The standard InChI is InChI=1S/C11H9NO3/c13-9(14)7-5-11(7)6-3-1-2-4-8(6)12-10(11)15/h1-4,7H,5H2,(H,12,15)(H,13,14)/t7-,11+/m0/s1. The van der Waals surface area contributed by atoms with E-state index in [9.17, 15) is 9.59 Å². The topological polar surface area (TPSA) is 66.4 Å². The number of carbonyl (C=O) groups excluding carboxylic acids is 1. The molecule has 1 amide bonds. The van der Waals surface area contributed by atoms with E-state index in [1.165, 1.54) is 0 Å². The highest BCUT2D eigenvalue weighted by Gasteiger charge is 2.68. The van der Waals surface area contributed by atoms with Crippen LogP contribution in [-0.4, -0.2) is 17.0 Å². The number of amides is 1. The molecule has 1 spiro atoms. The maximum absolute atomic E-state index is 11.8. The number of aliphatic carboxylic acids is 1. The summed E-state index contributed by atoms with van der Waals surface area (Å²) >= 11 is 0. The highest BCUT2D eigenvalue weighted by molar-refractivity contribution is 6.11. The number of anilines is 1. The molecule has 1 aromatic rings. The molecule has 0 saturated heterocycles. The van der Waals surface area contributed by atoms with Crippen molar-refractivity contribution in [3.63, 3.8) is 0 Å². The monoisotopic (exact) mass is 203 g/mol. The summed E-state index contributed by atoms with van der Waals surface area (Å²) < 4.78 is 0. The quantitative estimate of drug-likeness (QED) is 0.715. The van der Waals surface area contributed by atoms with Crippen LogP contribution < -0.4 is 5.32 Å². The van der Waals surface area contributed by atoms with Gasteiger partial charge in [-0.25, -0.2) is 0 Å². The molecule has 2 aliphatic rings. The van der Waals surface area contributed by atoms with Gasteiger partial charge in [-0.3, -0.25) is 9.59 Å². The summed E-state index contributed by atoms with van der Waals surface area (Å²) in [5.41, 5.74) is 0.816. The Morgan fingerprint density at radius 1 is 1.47 bits per heavy atom. The van der Waals surface area contributed by atoms with E-state index in [0.717, 1.165) is 11.3 Å². The minimum absolute atomic E-state index is 0.170. The Kier molecular flexibility index (Phi) is 1.35. The van der Waals surface area contributed by atoms with E-state index in [1.54, 1.807) is 6.07 Å². The van der Waals surface area contributed by atoms with Crippen LogP contribution in [0.2, 0.25) is 0 Å². The normalized spacial score (nSPS) is 31.2. The molecule has 4 heteroatoms. The molecule has 0 aromatic heterocycles. The van der Waals surface area contributed by atoms with Crippen molar-refractivity contribution in [2.45, 2.75) is 11.8 Å². The first kappa shape index (κ1) is 8.47. The van der Waals surface area contributed by atoms with Gasteiger partial charge in [-0.2, -0.15) is 0 Å². The predicted octanol–water partition coefficient (Wildman–Crippen LogP) is 0.981. The lowest BCUT2D eigenvalue weighted by Crippen LogP contribution is -2.23. The third kappa shape index (κ3) is 0.862. The van der Waals surface area contributed by atoms with Crippen molar-refractivity contribution in [2.24, 2.45) is 5.92 Å². The van der Waals surface area contributed by atoms with Crippen LogP contribution in [0.5, 0.6) is 0 Å². The zero-order valence-electron chi connectivity index (χ0n) is 7.86. The first-order chi connectivity index (χ1) is 7.16. The molecule has 1 saturated carbocycles. The molecular formula is C11H9NO3. The summed E-state index contributed by atoms with van der Waals surface area (Å²) in [6.07, 6.45) is 0.422. The van der Waals surface area contributed by atoms with Crippen LogP contribution in [0.4, 0.5) is 5.69 Å². The SMILES string of the molecule is O=C(O)[C@@H]1C[C@]12C(=O)Nc1ccccc12. The predicted molar refractivity (Wildman–Crippen MR) is 52.5 cm³/mol. The summed E-state index contributed by atoms with van der Waals surface area (Å²) in [6.45, 7) is 0. The summed E-state index contributed by atoms with van der Waals surface area (Å²) in [4.78, 5) is 22.7. The van der Waals surface area contributed by atoms with Crippen molar-refractivity contribution in [1.82, 2.24) is 0 Å². The second-order valence-corrected chi connectivity index (χ2v) is 4.07. The Bertz CT molecular complexity index is 482. The molecule has 4 nitrogen and oxygen atoms in total. The molecule has 0 radical (unpaired) electrons. The Balaban J connectivity index is 2.13. The van der Waals surface area contributed by atoms with Crippen LogP contribution in [0.1, 0.15) is 12.0 Å². The Morgan fingerprint density at radius 2 is 2.20 bits per heavy atom. The minimum atomic E-state index is -0.887. The molecule has 2 atom stereocenters. The number of carboxylic acid groups (broad SMARTS) is 1. The van der Waals surface area contributed by atoms with Gasteiger partial charge >= 0.3 is 5.97 Å². The number of nitrogens with one attached hydrogen (secondary N) is 1. The number of carbonyl (C=O) groups is 2. The second kappa shape index (κ2) is 2.39. The first-order valence-electron chi connectivity index (χ1n) is 4.80. The molecule has 0 bridgehead atoms. The summed E-state index contributed by atoms with van der Waals surface area (Å²) in [5.74, 6) is -1.61. The summed E-state index contributed by atoms with van der Waals surface area (Å²) in [6, 6.07) is 7.30. The van der Waals surface area contributed by atoms with Crippen molar-refractivity contribution in [3.05, 3.63) is 29.8 Å². The van der Waals surface area contributed by atoms with Gasteiger partial charge in [0.25, 0.3) is 0 Å². The number of fused-ring (bicyclic) bond motifs is 2. The van der Waals surface area contributed by atoms with Crippen LogP contribution >= 0.6 is 0 Å². The lowest BCUT2D eigenvalue weighted by molar-refractivity contribution is -0.140. The molecule has 1 aromatic carbocycles. The van der Waals surface area contributed by atoms with Gasteiger partial charge in [-0.05, 0) is 18.1 Å². The molecule has 3 rings (SSSR count). The Hall–Kier alpha value is -1.84. The molecule has 1 heterocycles. The van der Waals surface area contributed by atoms with E-state index >= 15 is 0 Å². The summed E-state index contributed by atoms with van der Waals surface area (Å²) in [7, 11) is 0. The van der Waals surface area contributed by atoms with E-state index in [0.29, 0.717) is 6.42 Å². The van der Waals surface area contributed by atoms with Gasteiger partial charge in [-0.1, -0.05) is 18.2 Å². The number of rotatable bonds is 1. The first-order valence-corrected chi connectivity index (χ1v) is 4.80. The van der Waals surface area contributed by atoms with Crippen molar-refractivity contribution in [3.8, 4) is 0 Å². The third-order valence-corrected chi connectivity index (χ3v) is 3.32. The van der Waals surface area contributed by atoms with Gasteiger partial charge in [0.2, 0.25) is 5.91 Å². The average Bonchev–Trinajstić information content (AvgIpc) is 2.88. The van der Waals surface area contributed by atoms with Gasteiger partial charge < -0.3 is 10.4 Å². The fourth-order valence-corrected chi connectivity index (χ4v) is 2.45. The summed E-state index contributed by atoms with van der Waals surface area (Å²) in [5, 5.41) is 11.7. The maximum atomic E-state index is 11.8. The highest BCUT2D eigenvalue weighted by atomic mass is 16.4. The fourth-order valence-electron chi connectivity index (χ4n) is 2.45. The van der Waals surface area contributed by atoms with E-state index < -0.39 is 17.3 Å². The van der Waals surface area contributed by atoms with Crippen LogP contribution in [0, 0.1) is 5.92 Å². The van der Waals surface area contributed by atoms with Gasteiger partial charge in [0.15, 0.2) is 0 Å². The maximum Gasteiger partial charge on any atom is 0.307 e. The smallest absolute Gasteiger partial charge is 0.307 e. The largest absolute Gasteiger partial charge is 0.481 e.